The Labute approximate surface area is 73.0 Å². The molecule has 2 aliphatic carbocycles. The average Bonchev–Trinajstić information content (AvgIpc) is 2.01. The van der Waals surface area contributed by atoms with E-state index >= 15 is 0 Å². The van der Waals surface area contributed by atoms with E-state index in [0.717, 1.165) is 12.8 Å². The molecule has 2 heteroatoms. The molecule has 0 aliphatic heterocycles. The van der Waals surface area contributed by atoms with E-state index in [1.165, 1.54) is 32.1 Å². The smallest absolute Gasteiger partial charge is 0.307 e. The van der Waals surface area contributed by atoms with E-state index in [1.807, 2.05) is 0 Å². The molecule has 0 radical (unpaired) electrons. The van der Waals surface area contributed by atoms with E-state index in [9.17, 15) is 4.79 Å². The fraction of sp³-hybridized carbons (Fsp3) is 0.900. The number of hydrogen-bond donors (Lipinski definition) is 1. The summed E-state index contributed by atoms with van der Waals surface area (Å²) in [5, 5.41) is 9.04. The topological polar surface area (TPSA) is 37.3 Å². The first-order valence-corrected chi connectivity index (χ1v) is 4.97. The predicted octanol–water partition coefficient (Wildman–Crippen LogP) is 2.43. The van der Waals surface area contributed by atoms with Crippen LogP contribution in [0.25, 0.3) is 0 Å². The Morgan fingerprint density at radius 3 is 2.25 bits per heavy atom. The number of rotatable bonds is 1. The Morgan fingerprint density at radius 2 is 1.83 bits per heavy atom. The highest BCUT2D eigenvalue weighted by atomic mass is 16.4. The van der Waals surface area contributed by atoms with Gasteiger partial charge in [-0.3, -0.25) is 4.79 Å². The molecule has 0 saturated heterocycles. The molecule has 0 heterocycles. The highest BCUT2D eigenvalue weighted by Gasteiger charge is 2.48. The van der Waals surface area contributed by atoms with Crippen LogP contribution >= 0.6 is 0 Å². The molecule has 0 bridgehead atoms. The summed E-state index contributed by atoms with van der Waals surface area (Å²) in [6, 6.07) is 0. The summed E-state index contributed by atoms with van der Waals surface area (Å²) in [5.41, 5.74) is 0.240. The van der Waals surface area contributed by atoms with Crippen molar-refractivity contribution in [3.05, 3.63) is 0 Å². The summed E-state index contributed by atoms with van der Waals surface area (Å²) < 4.78 is 0. The second kappa shape index (κ2) is 2.75. The summed E-state index contributed by atoms with van der Waals surface area (Å²) in [6.45, 7) is 0. The molecule has 1 unspecified atom stereocenters. The molecule has 0 amide bonds. The molecule has 68 valence electrons. The van der Waals surface area contributed by atoms with E-state index < -0.39 is 5.97 Å². The highest BCUT2D eigenvalue weighted by molar-refractivity contribution is 5.71. The molecular formula is C10H16O2. The normalized spacial score (nSPS) is 32.8. The predicted molar refractivity (Wildman–Crippen MR) is 45.9 cm³/mol. The molecule has 2 rings (SSSR count). The van der Waals surface area contributed by atoms with E-state index in [0.29, 0.717) is 0 Å². The van der Waals surface area contributed by atoms with Crippen molar-refractivity contribution in [3.8, 4) is 0 Å². The number of hydrogen-bond acceptors (Lipinski definition) is 1. The van der Waals surface area contributed by atoms with Crippen LogP contribution < -0.4 is 0 Å². The third-order valence-corrected chi connectivity index (χ3v) is 3.80. The van der Waals surface area contributed by atoms with Gasteiger partial charge in [0.2, 0.25) is 0 Å². The van der Waals surface area contributed by atoms with Crippen LogP contribution in [0.4, 0.5) is 0 Å². The fourth-order valence-electron chi connectivity index (χ4n) is 2.92. The maximum atomic E-state index is 11.0. The molecule has 0 aromatic heterocycles. The van der Waals surface area contributed by atoms with Crippen LogP contribution in [0, 0.1) is 11.3 Å². The van der Waals surface area contributed by atoms with Gasteiger partial charge in [0.15, 0.2) is 0 Å². The maximum Gasteiger partial charge on any atom is 0.307 e. The largest absolute Gasteiger partial charge is 0.481 e. The van der Waals surface area contributed by atoms with Crippen LogP contribution in [0.15, 0.2) is 0 Å². The van der Waals surface area contributed by atoms with Crippen LogP contribution in [0.3, 0.4) is 0 Å². The van der Waals surface area contributed by atoms with Gasteiger partial charge in [-0.15, -0.1) is 0 Å². The minimum atomic E-state index is -0.547. The monoisotopic (exact) mass is 168 g/mol. The van der Waals surface area contributed by atoms with E-state index in [1.54, 1.807) is 0 Å². The van der Waals surface area contributed by atoms with Crippen molar-refractivity contribution in [2.45, 2.75) is 44.9 Å². The van der Waals surface area contributed by atoms with Gasteiger partial charge in [0.25, 0.3) is 0 Å². The zero-order valence-electron chi connectivity index (χ0n) is 7.38. The lowest BCUT2D eigenvalue weighted by atomic mass is 9.55. The number of carbonyl (C=O) groups is 1. The first-order chi connectivity index (χ1) is 5.75. The zero-order valence-corrected chi connectivity index (χ0v) is 7.38. The molecule has 2 saturated carbocycles. The van der Waals surface area contributed by atoms with Gasteiger partial charge in [-0.05, 0) is 31.1 Å². The first-order valence-electron chi connectivity index (χ1n) is 4.97. The lowest BCUT2D eigenvalue weighted by molar-refractivity contribution is -0.152. The van der Waals surface area contributed by atoms with Crippen LogP contribution in [-0.4, -0.2) is 11.1 Å². The van der Waals surface area contributed by atoms with Gasteiger partial charge in [-0.25, -0.2) is 0 Å². The van der Waals surface area contributed by atoms with Crippen molar-refractivity contribution < 1.29 is 9.90 Å². The molecule has 12 heavy (non-hydrogen) atoms. The average molecular weight is 168 g/mol. The van der Waals surface area contributed by atoms with Crippen molar-refractivity contribution in [1.82, 2.24) is 0 Å². The van der Waals surface area contributed by atoms with Crippen LogP contribution in [-0.2, 0) is 4.79 Å². The molecule has 1 atom stereocenters. The van der Waals surface area contributed by atoms with Crippen LogP contribution in [0.1, 0.15) is 44.9 Å². The minimum absolute atomic E-state index is 0.0139. The fourth-order valence-corrected chi connectivity index (χ4v) is 2.92. The molecule has 1 spiro atoms. The Hall–Kier alpha value is -0.530. The molecule has 0 aromatic rings. The maximum absolute atomic E-state index is 11.0. The molecular weight excluding hydrogens is 152 g/mol. The van der Waals surface area contributed by atoms with Gasteiger partial charge in [0.05, 0.1) is 5.92 Å². The lowest BCUT2D eigenvalue weighted by Crippen LogP contribution is -2.43. The van der Waals surface area contributed by atoms with Crippen molar-refractivity contribution in [1.29, 1.82) is 0 Å². The van der Waals surface area contributed by atoms with Gasteiger partial charge >= 0.3 is 5.97 Å². The summed E-state index contributed by atoms with van der Waals surface area (Å²) in [4.78, 5) is 11.0. The summed E-state index contributed by atoms with van der Waals surface area (Å²) in [7, 11) is 0. The minimum Gasteiger partial charge on any atom is -0.481 e. The van der Waals surface area contributed by atoms with Crippen molar-refractivity contribution in [2.24, 2.45) is 11.3 Å². The lowest BCUT2D eigenvalue weighted by Gasteiger charge is -2.49. The molecule has 1 N–H and O–H groups in total. The van der Waals surface area contributed by atoms with Gasteiger partial charge in [0.1, 0.15) is 0 Å². The summed E-state index contributed by atoms with van der Waals surface area (Å²) >= 11 is 0. The SMILES string of the molecule is O=C(O)C1CCCCC12CCC2. The van der Waals surface area contributed by atoms with Gasteiger partial charge in [0, 0.05) is 0 Å². The number of carboxylic acid groups (broad SMARTS) is 1. The highest BCUT2D eigenvalue weighted by Crippen LogP contribution is 2.54. The Balaban J connectivity index is 2.11. The third kappa shape index (κ3) is 1.05. The van der Waals surface area contributed by atoms with E-state index in [4.69, 9.17) is 5.11 Å². The number of aliphatic carboxylic acids is 1. The standard InChI is InChI=1S/C10H16O2/c11-9(12)8-4-1-2-5-10(8)6-3-7-10/h8H,1-7H2,(H,11,12). The molecule has 2 fully saturated rings. The van der Waals surface area contributed by atoms with Gasteiger partial charge in [-0.1, -0.05) is 19.3 Å². The zero-order chi connectivity index (χ0) is 8.60. The Bertz CT molecular complexity index is 194. The summed E-state index contributed by atoms with van der Waals surface area (Å²) in [6.07, 6.45) is 8.07. The quantitative estimate of drug-likeness (QED) is 0.653. The Morgan fingerprint density at radius 1 is 1.17 bits per heavy atom. The summed E-state index contributed by atoms with van der Waals surface area (Å²) in [5.74, 6) is -0.561. The van der Waals surface area contributed by atoms with Crippen LogP contribution in [0.5, 0.6) is 0 Å². The van der Waals surface area contributed by atoms with Crippen molar-refractivity contribution >= 4 is 5.97 Å². The Kier molecular flexibility index (Phi) is 1.85. The molecule has 0 aromatic carbocycles. The van der Waals surface area contributed by atoms with Crippen molar-refractivity contribution in [2.75, 3.05) is 0 Å². The second-order valence-corrected chi connectivity index (χ2v) is 4.35. The van der Waals surface area contributed by atoms with Crippen molar-refractivity contribution in [3.63, 3.8) is 0 Å². The molecule has 2 nitrogen and oxygen atoms in total. The van der Waals surface area contributed by atoms with Gasteiger partial charge in [-0.2, -0.15) is 0 Å². The number of carboxylic acids is 1. The third-order valence-electron chi connectivity index (χ3n) is 3.80. The molecule has 2 aliphatic rings. The first kappa shape index (κ1) is 8.09. The van der Waals surface area contributed by atoms with Crippen LogP contribution in [0.2, 0.25) is 0 Å². The second-order valence-electron chi connectivity index (χ2n) is 4.35. The van der Waals surface area contributed by atoms with E-state index in [-0.39, 0.29) is 11.3 Å². The van der Waals surface area contributed by atoms with E-state index in [2.05, 4.69) is 0 Å². The van der Waals surface area contributed by atoms with Gasteiger partial charge < -0.3 is 5.11 Å².